The van der Waals surface area contributed by atoms with Crippen LogP contribution in [-0.4, -0.2) is 23.0 Å². The fourth-order valence-corrected chi connectivity index (χ4v) is 3.79. The van der Waals surface area contributed by atoms with Gasteiger partial charge in [0.1, 0.15) is 10.7 Å². The number of ether oxygens (including phenoxy) is 1. The molecule has 0 spiro atoms. The molecule has 0 unspecified atom stereocenters. The molecule has 1 amide bonds. The normalized spacial score (nSPS) is 14.6. The predicted octanol–water partition coefficient (Wildman–Crippen LogP) is 3.86. The molecule has 0 saturated heterocycles. The number of halogens is 1. The first-order chi connectivity index (χ1) is 11.5. The third kappa shape index (κ3) is 3.94. The number of hydrogen-bond donors (Lipinski definition) is 1. The average molecular weight is 365 g/mol. The first-order valence-electron chi connectivity index (χ1n) is 7.78. The van der Waals surface area contributed by atoms with Crippen LogP contribution >= 0.6 is 22.9 Å². The van der Waals surface area contributed by atoms with Crippen LogP contribution in [0, 0.1) is 0 Å². The van der Waals surface area contributed by atoms with E-state index in [0.717, 1.165) is 25.7 Å². The number of carbonyl (C=O) groups excluding carboxylic acids is 2. The maximum Gasteiger partial charge on any atom is 0.349 e. The van der Waals surface area contributed by atoms with Gasteiger partial charge in [0.25, 0.3) is 5.91 Å². The number of aryl methyl sites for hydroxylation is 2. The van der Waals surface area contributed by atoms with Crippen molar-refractivity contribution < 1.29 is 14.3 Å². The second kappa shape index (κ2) is 7.32. The van der Waals surface area contributed by atoms with E-state index in [-0.39, 0.29) is 0 Å². The lowest BCUT2D eigenvalue weighted by molar-refractivity contribution is -0.123. The fourth-order valence-electron chi connectivity index (χ4n) is 2.54. The highest BCUT2D eigenvalue weighted by molar-refractivity contribution is 7.14. The van der Waals surface area contributed by atoms with Crippen LogP contribution in [0.1, 0.15) is 39.9 Å². The van der Waals surface area contributed by atoms with Crippen molar-refractivity contribution in [1.82, 2.24) is 4.98 Å². The van der Waals surface area contributed by atoms with E-state index in [1.165, 1.54) is 34.9 Å². The Morgan fingerprint density at radius 3 is 2.83 bits per heavy atom. The van der Waals surface area contributed by atoms with Crippen molar-refractivity contribution in [3.05, 3.63) is 44.7 Å². The summed E-state index contributed by atoms with van der Waals surface area (Å²) in [6.45, 7) is 1.54. The molecule has 0 aromatic carbocycles. The van der Waals surface area contributed by atoms with Gasteiger partial charge in [0.2, 0.25) is 0 Å². The van der Waals surface area contributed by atoms with Crippen LogP contribution in [0.2, 0.25) is 5.02 Å². The standard InChI is InChI=1S/C17H17ClN2O3S/c1-10(16(21)20-15-7-6-12(18)9-19-15)23-17(22)14-8-11-4-2-3-5-13(11)24-14/h6-10H,2-5H2,1H3,(H,19,20,21)/t10-/m0/s1. The molecule has 1 aliphatic rings. The number of carbonyl (C=O) groups is 2. The van der Waals surface area contributed by atoms with Gasteiger partial charge in [0, 0.05) is 11.1 Å². The minimum absolute atomic E-state index is 0.360. The van der Waals surface area contributed by atoms with Crippen molar-refractivity contribution in [3.63, 3.8) is 0 Å². The molecule has 126 valence electrons. The number of rotatable bonds is 4. The minimum Gasteiger partial charge on any atom is -0.448 e. The van der Waals surface area contributed by atoms with Crippen molar-refractivity contribution >= 4 is 40.6 Å². The molecule has 24 heavy (non-hydrogen) atoms. The number of nitrogens with one attached hydrogen (secondary N) is 1. The number of fused-ring (bicyclic) bond motifs is 1. The Morgan fingerprint density at radius 1 is 1.33 bits per heavy atom. The van der Waals surface area contributed by atoms with Gasteiger partial charge in [-0.2, -0.15) is 0 Å². The van der Waals surface area contributed by atoms with Crippen molar-refractivity contribution in [2.24, 2.45) is 0 Å². The number of nitrogens with zero attached hydrogens (tertiary/aromatic N) is 1. The lowest BCUT2D eigenvalue weighted by Crippen LogP contribution is -2.30. The van der Waals surface area contributed by atoms with Crippen LogP contribution in [0.5, 0.6) is 0 Å². The Morgan fingerprint density at radius 2 is 2.12 bits per heavy atom. The van der Waals surface area contributed by atoms with E-state index in [1.54, 1.807) is 12.1 Å². The molecule has 0 bridgehead atoms. The third-order valence-electron chi connectivity index (χ3n) is 3.83. The monoisotopic (exact) mass is 364 g/mol. The minimum atomic E-state index is -0.908. The summed E-state index contributed by atoms with van der Waals surface area (Å²) in [5.74, 6) is -0.528. The molecule has 0 saturated carbocycles. The summed E-state index contributed by atoms with van der Waals surface area (Å²) in [7, 11) is 0. The van der Waals surface area contributed by atoms with Gasteiger partial charge < -0.3 is 10.1 Å². The molecule has 0 radical (unpaired) electrons. The van der Waals surface area contributed by atoms with Crippen molar-refractivity contribution in [2.75, 3.05) is 5.32 Å². The zero-order chi connectivity index (χ0) is 17.1. The van der Waals surface area contributed by atoms with E-state index in [0.29, 0.717) is 15.7 Å². The third-order valence-corrected chi connectivity index (χ3v) is 5.27. The van der Waals surface area contributed by atoms with E-state index in [4.69, 9.17) is 16.3 Å². The predicted molar refractivity (Wildman–Crippen MR) is 93.7 cm³/mol. The number of anilines is 1. The SMILES string of the molecule is C[C@H](OC(=O)c1cc2c(s1)CCCC2)C(=O)Nc1ccc(Cl)cn1. The molecule has 2 heterocycles. The van der Waals surface area contributed by atoms with Gasteiger partial charge in [-0.25, -0.2) is 9.78 Å². The number of thiophene rings is 1. The number of amides is 1. The molecule has 7 heteroatoms. The maximum absolute atomic E-state index is 12.2. The first-order valence-corrected chi connectivity index (χ1v) is 8.97. The summed E-state index contributed by atoms with van der Waals surface area (Å²) in [5, 5.41) is 3.07. The Kier molecular flexibility index (Phi) is 5.16. The quantitative estimate of drug-likeness (QED) is 0.836. The lowest BCUT2D eigenvalue weighted by atomic mass is 9.99. The molecule has 3 rings (SSSR count). The van der Waals surface area contributed by atoms with Crippen molar-refractivity contribution in [2.45, 2.75) is 38.7 Å². The average Bonchev–Trinajstić information content (AvgIpc) is 3.01. The Bertz CT molecular complexity index is 734. The van der Waals surface area contributed by atoms with Gasteiger partial charge in [-0.05, 0) is 56.4 Å². The van der Waals surface area contributed by atoms with E-state index >= 15 is 0 Å². The summed E-state index contributed by atoms with van der Waals surface area (Å²) in [6.07, 6.45) is 4.88. The van der Waals surface area contributed by atoms with Crippen LogP contribution in [0.25, 0.3) is 0 Å². The van der Waals surface area contributed by atoms with Crippen LogP contribution in [-0.2, 0) is 22.4 Å². The van der Waals surface area contributed by atoms with E-state index in [1.807, 2.05) is 6.07 Å². The van der Waals surface area contributed by atoms with Gasteiger partial charge in [-0.15, -0.1) is 11.3 Å². The van der Waals surface area contributed by atoms with Crippen LogP contribution < -0.4 is 5.32 Å². The molecule has 5 nitrogen and oxygen atoms in total. The highest BCUT2D eigenvalue weighted by Gasteiger charge is 2.23. The molecule has 1 atom stereocenters. The highest BCUT2D eigenvalue weighted by Crippen LogP contribution is 2.30. The molecule has 1 aliphatic carbocycles. The van der Waals surface area contributed by atoms with Crippen molar-refractivity contribution in [3.8, 4) is 0 Å². The second-order valence-electron chi connectivity index (χ2n) is 5.66. The zero-order valence-electron chi connectivity index (χ0n) is 13.2. The van der Waals surface area contributed by atoms with Crippen LogP contribution in [0.15, 0.2) is 24.4 Å². The lowest BCUT2D eigenvalue weighted by Gasteiger charge is -2.12. The maximum atomic E-state index is 12.2. The number of aromatic nitrogens is 1. The highest BCUT2D eigenvalue weighted by atomic mass is 35.5. The topological polar surface area (TPSA) is 68.3 Å². The fraction of sp³-hybridized carbons (Fsp3) is 0.353. The molecule has 1 N–H and O–H groups in total. The van der Waals surface area contributed by atoms with Gasteiger partial charge in [-0.3, -0.25) is 4.79 Å². The van der Waals surface area contributed by atoms with E-state index in [9.17, 15) is 9.59 Å². The first kappa shape index (κ1) is 16.9. The van der Waals surface area contributed by atoms with Crippen LogP contribution in [0.3, 0.4) is 0 Å². The van der Waals surface area contributed by atoms with Gasteiger partial charge in [0.15, 0.2) is 6.10 Å². The summed E-state index contributed by atoms with van der Waals surface area (Å²) in [6, 6.07) is 5.10. The summed E-state index contributed by atoms with van der Waals surface area (Å²) < 4.78 is 5.28. The second-order valence-corrected chi connectivity index (χ2v) is 7.24. The molecular formula is C17H17ClN2O3S. The van der Waals surface area contributed by atoms with Crippen molar-refractivity contribution in [1.29, 1.82) is 0 Å². The molecule has 2 aromatic rings. The van der Waals surface area contributed by atoms with Gasteiger partial charge in [-0.1, -0.05) is 11.6 Å². The molecule has 2 aromatic heterocycles. The van der Waals surface area contributed by atoms with E-state index < -0.39 is 18.0 Å². The number of hydrogen-bond acceptors (Lipinski definition) is 5. The van der Waals surface area contributed by atoms with Gasteiger partial charge in [0.05, 0.1) is 5.02 Å². The summed E-state index contributed by atoms with van der Waals surface area (Å²) in [4.78, 5) is 30.2. The molecular weight excluding hydrogens is 348 g/mol. The zero-order valence-corrected chi connectivity index (χ0v) is 14.7. The van der Waals surface area contributed by atoms with E-state index in [2.05, 4.69) is 10.3 Å². The van der Waals surface area contributed by atoms with Gasteiger partial charge >= 0.3 is 5.97 Å². The Balaban J connectivity index is 1.60. The smallest absolute Gasteiger partial charge is 0.349 e. The number of esters is 1. The van der Waals surface area contributed by atoms with Crippen LogP contribution in [0.4, 0.5) is 5.82 Å². The largest absolute Gasteiger partial charge is 0.448 e. The molecule has 0 fully saturated rings. The Hall–Kier alpha value is -1.92. The molecule has 0 aliphatic heterocycles. The number of pyridine rings is 1. The Labute approximate surface area is 149 Å². The summed E-state index contributed by atoms with van der Waals surface area (Å²) in [5.41, 5.74) is 1.24. The summed E-state index contributed by atoms with van der Waals surface area (Å²) >= 11 is 7.22.